The number of hydrogen-bond acceptors (Lipinski definition) is 5. The molecule has 0 saturated carbocycles. The molecule has 2 heterocycles. The van der Waals surface area contributed by atoms with Crippen molar-refractivity contribution < 1.29 is 18.7 Å². The highest BCUT2D eigenvalue weighted by Crippen LogP contribution is 2.35. The van der Waals surface area contributed by atoms with Crippen LogP contribution in [0.3, 0.4) is 0 Å². The second-order valence-corrected chi connectivity index (χ2v) is 7.03. The Hall–Kier alpha value is -4.06. The molecule has 4 aromatic rings. The maximum atomic E-state index is 13.2. The second-order valence-electron chi connectivity index (χ2n) is 7.03. The van der Waals surface area contributed by atoms with Crippen molar-refractivity contribution in [2.24, 2.45) is 0 Å². The molecule has 0 atom stereocenters. The van der Waals surface area contributed by atoms with Gasteiger partial charge in [0.25, 0.3) is 5.91 Å². The normalized spacial score (nSPS) is 12.2. The molecule has 148 valence electrons. The zero-order valence-corrected chi connectivity index (χ0v) is 16.1. The van der Waals surface area contributed by atoms with Crippen LogP contribution in [0.5, 0.6) is 11.5 Å². The Bertz CT molecular complexity index is 1340. The lowest BCUT2D eigenvalue weighted by Crippen LogP contribution is -2.17. The summed E-state index contributed by atoms with van der Waals surface area (Å²) in [4.78, 5) is 25.7. The van der Waals surface area contributed by atoms with Gasteiger partial charge in [-0.15, -0.1) is 0 Å². The molecule has 30 heavy (non-hydrogen) atoms. The maximum Gasteiger partial charge on any atom is 0.344 e. The number of fused-ring (bicyclic) bond motifs is 2. The van der Waals surface area contributed by atoms with Crippen molar-refractivity contribution in [1.82, 2.24) is 0 Å². The van der Waals surface area contributed by atoms with E-state index in [-0.39, 0.29) is 12.6 Å². The van der Waals surface area contributed by atoms with Crippen LogP contribution in [0.25, 0.3) is 21.9 Å². The summed E-state index contributed by atoms with van der Waals surface area (Å²) in [6.07, 6.45) is 0. The van der Waals surface area contributed by atoms with Crippen LogP contribution < -0.4 is 20.4 Å². The average molecular weight is 399 g/mol. The van der Waals surface area contributed by atoms with Gasteiger partial charge in [0.15, 0.2) is 11.5 Å². The van der Waals surface area contributed by atoms with E-state index in [0.717, 1.165) is 11.1 Å². The number of ether oxygens (including phenoxy) is 2. The highest BCUT2D eigenvalue weighted by atomic mass is 16.7. The van der Waals surface area contributed by atoms with Gasteiger partial charge in [0.1, 0.15) is 0 Å². The van der Waals surface area contributed by atoms with Crippen LogP contribution in [0.15, 0.2) is 75.9 Å². The third-order valence-electron chi connectivity index (χ3n) is 5.02. The average Bonchev–Trinajstić information content (AvgIpc) is 3.22. The van der Waals surface area contributed by atoms with Gasteiger partial charge in [-0.1, -0.05) is 48.0 Å². The lowest BCUT2D eigenvalue weighted by Gasteiger charge is -2.12. The highest BCUT2D eigenvalue weighted by Gasteiger charge is 2.22. The Labute approximate surface area is 171 Å². The summed E-state index contributed by atoms with van der Waals surface area (Å²) in [5.74, 6) is 0.601. The van der Waals surface area contributed by atoms with Crippen LogP contribution in [0.2, 0.25) is 0 Å². The number of amides is 1. The van der Waals surface area contributed by atoms with Gasteiger partial charge in [0.2, 0.25) is 12.6 Å². The number of carbonyl (C=O) groups is 1. The third kappa shape index (κ3) is 3.08. The summed E-state index contributed by atoms with van der Waals surface area (Å²) >= 11 is 0. The molecule has 0 unspecified atom stereocenters. The van der Waals surface area contributed by atoms with Gasteiger partial charge in [0, 0.05) is 22.7 Å². The molecule has 1 aliphatic rings. The van der Waals surface area contributed by atoms with Gasteiger partial charge >= 0.3 is 5.63 Å². The molecule has 0 fully saturated rings. The van der Waals surface area contributed by atoms with Gasteiger partial charge in [0.05, 0.1) is 5.39 Å². The molecule has 0 bridgehead atoms. The summed E-state index contributed by atoms with van der Waals surface area (Å²) in [5.41, 5.74) is 2.40. The zero-order chi connectivity index (χ0) is 20.7. The van der Waals surface area contributed by atoms with Crippen molar-refractivity contribution in [3.05, 3.63) is 88.5 Å². The number of carbonyl (C=O) groups excluding carboxylic acids is 1. The first-order valence-corrected chi connectivity index (χ1v) is 9.44. The minimum atomic E-state index is -0.558. The standard InChI is InChI=1S/C24H17NO5/c1-14-6-8-15(9-7-14)21-17-4-2-3-5-18(17)24(27)30-22(21)23(26)25-16-10-11-19-20(12-16)29-13-28-19/h2-12H,13H2,1H3,(H,25,26). The number of benzene rings is 3. The van der Waals surface area contributed by atoms with Crippen LogP contribution in [-0.4, -0.2) is 12.7 Å². The van der Waals surface area contributed by atoms with Crippen LogP contribution in [0, 0.1) is 6.92 Å². The van der Waals surface area contributed by atoms with E-state index < -0.39 is 11.5 Å². The molecule has 0 spiro atoms. The molecule has 0 saturated heterocycles. The first-order valence-electron chi connectivity index (χ1n) is 9.44. The Morgan fingerprint density at radius 1 is 0.900 bits per heavy atom. The van der Waals surface area contributed by atoms with E-state index in [0.29, 0.717) is 33.5 Å². The third-order valence-corrected chi connectivity index (χ3v) is 5.02. The summed E-state index contributed by atoms with van der Waals surface area (Å²) in [7, 11) is 0. The Balaban J connectivity index is 1.64. The van der Waals surface area contributed by atoms with E-state index in [1.165, 1.54) is 0 Å². The molecular formula is C24H17NO5. The number of anilines is 1. The lowest BCUT2D eigenvalue weighted by atomic mass is 9.97. The van der Waals surface area contributed by atoms with Crippen LogP contribution in [0.4, 0.5) is 5.69 Å². The smallest absolute Gasteiger partial charge is 0.344 e. The van der Waals surface area contributed by atoms with Crippen LogP contribution in [0.1, 0.15) is 16.1 Å². The molecule has 0 radical (unpaired) electrons. The topological polar surface area (TPSA) is 77.8 Å². The van der Waals surface area contributed by atoms with Crippen molar-refractivity contribution in [2.75, 3.05) is 12.1 Å². The Morgan fingerprint density at radius 3 is 2.43 bits per heavy atom. The van der Waals surface area contributed by atoms with Crippen molar-refractivity contribution in [2.45, 2.75) is 6.92 Å². The fraction of sp³-hybridized carbons (Fsp3) is 0.0833. The molecule has 0 aliphatic carbocycles. The first kappa shape index (κ1) is 18.0. The molecule has 1 N–H and O–H groups in total. The lowest BCUT2D eigenvalue weighted by molar-refractivity contribution is 0.0994. The van der Waals surface area contributed by atoms with E-state index in [1.807, 2.05) is 43.3 Å². The fourth-order valence-electron chi connectivity index (χ4n) is 3.53. The SMILES string of the molecule is Cc1ccc(-c2c(C(=O)Nc3ccc4c(c3)OCO4)oc(=O)c3ccccc23)cc1. The van der Waals surface area contributed by atoms with Gasteiger partial charge in [-0.25, -0.2) is 4.79 Å². The van der Waals surface area contributed by atoms with Gasteiger partial charge in [-0.05, 0) is 30.7 Å². The largest absolute Gasteiger partial charge is 0.454 e. The molecular weight excluding hydrogens is 382 g/mol. The van der Waals surface area contributed by atoms with Gasteiger partial charge in [-0.2, -0.15) is 0 Å². The minimum absolute atomic E-state index is 0.0415. The second kappa shape index (κ2) is 7.08. The summed E-state index contributed by atoms with van der Waals surface area (Å²) < 4.78 is 16.2. The predicted molar refractivity (Wildman–Crippen MR) is 113 cm³/mol. The van der Waals surface area contributed by atoms with Gasteiger partial charge in [-0.3, -0.25) is 4.79 Å². The Kier molecular flexibility index (Phi) is 4.25. The number of nitrogens with one attached hydrogen (secondary N) is 1. The van der Waals surface area contributed by atoms with Crippen molar-refractivity contribution in [3.8, 4) is 22.6 Å². The molecule has 6 heteroatoms. The van der Waals surface area contributed by atoms with Crippen LogP contribution >= 0.6 is 0 Å². The fourth-order valence-corrected chi connectivity index (χ4v) is 3.53. The zero-order valence-electron chi connectivity index (χ0n) is 16.1. The van der Waals surface area contributed by atoms with E-state index in [9.17, 15) is 9.59 Å². The van der Waals surface area contributed by atoms with E-state index >= 15 is 0 Å². The molecule has 1 amide bonds. The minimum Gasteiger partial charge on any atom is -0.454 e. The molecule has 1 aliphatic heterocycles. The van der Waals surface area contributed by atoms with E-state index in [1.54, 1.807) is 30.3 Å². The maximum absolute atomic E-state index is 13.2. The molecule has 3 aromatic carbocycles. The quantitative estimate of drug-likeness (QED) is 0.538. The van der Waals surface area contributed by atoms with E-state index in [2.05, 4.69) is 5.32 Å². The summed E-state index contributed by atoms with van der Waals surface area (Å²) in [6, 6.07) is 19.9. The monoisotopic (exact) mass is 399 g/mol. The van der Waals surface area contributed by atoms with E-state index in [4.69, 9.17) is 13.9 Å². The Morgan fingerprint density at radius 2 is 1.63 bits per heavy atom. The highest BCUT2D eigenvalue weighted by molar-refractivity contribution is 6.11. The van der Waals surface area contributed by atoms with Crippen molar-refractivity contribution in [3.63, 3.8) is 0 Å². The number of aryl methyl sites for hydroxylation is 1. The van der Waals surface area contributed by atoms with Crippen molar-refractivity contribution >= 4 is 22.4 Å². The van der Waals surface area contributed by atoms with Crippen molar-refractivity contribution in [1.29, 1.82) is 0 Å². The first-order chi connectivity index (χ1) is 14.6. The van der Waals surface area contributed by atoms with Crippen LogP contribution in [-0.2, 0) is 0 Å². The predicted octanol–water partition coefficient (Wildman–Crippen LogP) is 4.75. The summed E-state index contributed by atoms with van der Waals surface area (Å²) in [6.45, 7) is 2.13. The number of rotatable bonds is 3. The molecule has 1 aromatic heterocycles. The number of hydrogen-bond donors (Lipinski definition) is 1. The summed E-state index contributed by atoms with van der Waals surface area (Å²) in [5, 5.41) is 3.88. The molecule has 5 rings (SSSR count). The molecule has 6 nitrogen and oxygen atoms in total. The van der Waals surface area contributed by atoms with Gasteiger partial charge < -0.3 is 19.2 Å².